The largest absolute Gasteiger partial charge is 0.308 e. The lowest BCUT2D eigenvalue weighted by Gasteiger charge is -2.16. The summed E-state index contributed by atoms with van der Waals surface area (Å²) in [5, 5.41) is 0. The van der Waals surface area contributed by atoms with Gasteiger partial charge in [-0.25, -0.2) is 0 Å². The number of hydrogen-bond donors (Lipinski definition) is 0. The highest BCUT2D eigenvalue weighted by Gasteiger charge is 2.28. The summed E-state index contributed by atoms with van der Waals surface area (Å²) in [6.07, 6.45) is 0. The van der Waals surface area contributed by atoms with Crippen LogP contribution in [0.25, 0.3) is 50.5 Å². The zero-order valence-corrected chi connectivity index (χ0v) is 26.9. The smallest absolute Gasteiger partial charge is 0.0619 e. The Kier molecular flexibility index (Phi) is 7.77. The van der Waals surface area contributed by atoms with Crippen LogP contribution in [0.2, 0.25) is 0 Å². The van der Waals surface area contributed by atoms with Gasteiger partial charge in [-0.15, -0.1) is 0 Å². The molecule has 39 heavy (non-hydrogen) atoms. The Morgan fingerprint density at radius 3 is 0.974 bits per heavy atom. The van der Waals surface area contributed by atoms with Crippen LogP contribution in [0.4, 0.5) is 0 Å². The Bertz CT molecular complexity index is 1620. The summed E-state index contributed by atoms with van der Waals surface area (Å²) in [6.45, 7) is 0. The number of para-hydroxylation sites is 1. The first kappa shape index (κ1) is 26.5. The lowest BCUT2D eigenvalue weighted by Crippen LogP contribution is -2.00. The van der Waals surface area contributed by atoms with Crippen LogP contribution in [0.5, 0.6) is 0 Å². The van der Waals surface area contributed by atoms with E-state index in [0.717, 1.165) is 57.2 Å². The van der Waals surface area contributed by atoms with Crippen molar-refractivity contribution in [2.75, 3.05) is 0 Å². The lowest BCUT2D eigenvalue weighted by atomic mass is 9.91. The highest BCUT2D eigenvalue weighted by molar-refractivity contribution is 9.11. The highest BCUT2D eigenvalue weighted by Crippen LogP contribution is 2.50. The van der Waals surface area contributed by atoms with Gasteiger partial charge < -0.3 is 4.57 Å². The summed E-state index contributed by atoms with van der Waals surface area (Å²) in [6, 6.07) is 45.1. The Labute approximate surface area is 262 Å². The van der Waals surface area contributed by atoms with Crippen LogP contribution in [0.15, 0.2) is 145 Å². The van der Waals surface area contributed by atoms with Crippen molar-refractivity contribution >= 4 is 63.7 Å². The molecule has 0 fully saturated rings. The standard InChI is InChI=1S/C34H21Br4N/c35-26-14-6-22(7-15-26)31-32(23-8-16-27(36)17-9-23)34(25-12-20-29(38)21-13-25)39(30-4-2-1-3-5-30)33(31)24-10-18-28(37)19-11-24/h1-21H. The molecule has 0 N–H and O–H groups in total. The van der Waals surface area contributed by atoms with E-state index in [1.807, 2.05) is 0 Å². The van der Waals surface area contributed by atoms with Crippen LogP contribution in [0, 0.1) is 0 Å². The number of halogens is 4. The van der Waals surface area contributed by atoms with Crippen molar-refractivity contribution in [2.24, 2.45) is 0 Å². The molecule has 5 aromatic carbocycles. The first-order valence-corrected chi connectivity index (χ1v) is 15.5. The van der Waals surface area contributed by atoms with Crippen molar-refractivity contribution in [2.45, 2.75) is 0 Å². The van der Waals surface area contributed by atoms with Crippen molar-refractivity contribution in [3.8, 4) is 50.5 Å². The van der Waals surface area contributed by atoms with Crippen molar-refractivity contribution in [1.29, 1.82) is 0 Å². The first-order valence-electron chi connectivity index (χ1n) is 12.4. The Morgan fingerprint density at radius 2 is 0.641 bits per heavy atom. The third kappa shape index (κ3) is 5.38. The predicted molar refractivity (Wildman–Crippen MR) is 178 cm³/mol. The number of rotatable bonds is 5. The van der Waals surface area contributed by atoms with Crippen LogP contribution in [0.3, 0.4) is 0 Å². The average Bonchev–Trinajstić information content (AvgIpc) is 3.31. The normalized spacial score (nSPS) is 11.1. The maximum atomic E-state index is 3.64. The van der Waals surface area contributed by atoms with Gasteiger partial charge in [0, 0.05) is 34.7 Å². The topological polar surface area (TPSA) is 4.93 Å². The molecule has 6 rings (SSSR count). The molecule has 6 aromatic rings. The molecule has 0 aliphatic rings. The van der Waals surface area contributed by atoms with Gasteiger partial charge in [-0.2, -0.15) is 0 Å². The minimum absolute atomic E-state index is 1.05. The van der Waals surface area contributed by atoms with Crippen molar-refractivity contribution in [3.05, 3.63) is 145 Å². The number of aromatic nitrogens is 1. The zero-order valence-electron chi connectivity index (χ0n) is 20.6. The van der Waals surface area contributed by atoms with Gasteiger partial charge in [-0.1, -0.05) is 130 Å². The van der Waals surface area contributed by atoms with E-state index in [1.54, 1.807) is 0 Å². The van der Waals surface area contributed by atoms with Crippen LogP contribution >= 0.6 is 63.7 Å². The van der Waals surface area contributed by atoms with Gasteiger partial charge in [0.05, 0.1) is 11.4 Å². The maximum Gasteiger partial charge on any atom is 0.0619 e. The van der Waals surface area contributed by atoms with Gasteiger partial charge in [-0.3, -0.25) is 0 Å². The minimum atomic E-state index is 1.05. The fraction of sp³-hybridized carbons (Fsp3) is 0. The van der Waals surface area contributed by atoms with Gasteiger partial charge in [-0.05, 0) is 82.9 Å². The van der Waals surface area contributed by atoms with Crippen LogP contribution < -0.4 is 0 Å². The monoisotopic (exact) mass is 759 g/mol. The van der Waals surface area contributed by atoms with Crippen molar-refractivity contribution < 1.29 is 0 Å². The van der Waals surface area contributed by atoms with E-state index in [2.05, 4.69) is 196 Å². The van der Waals surface area contributed by atoms with E-state index in [1.165, 1.54) is 11.1 Å². The van der Waals surface area contributed by atoms with E-state index < -0.39 is 0 Å². The fourth-order valence-electron chi connectivity index (χ4n) is 4.97. The second-order valence-corrected chi connectivity index (χ2v) is 12.8. The number of hydrogen-bond acceptors (Lipinski definition) is 0. The quantitative estimate of drug-likeness (QED) is 0.165. The SMILES string of the molecule is Brc1ccc(-c2c(-c3ccc(Br)cc3)c(-c3ccc(Br)cc3)n(-c3ccccc3)c2-c2ccc(Br)cc2)cc1. The van der Waals surface area contributed by atoms with E-state index in [0.29, 0.717) is 0 Å². The summed E-state index contributed by atoms with van der Waals surface area (Å²) < 4.78 is 6.63. The summed E-state index contributed by atoms with van der Waals surface area (Å²) in [4.78, 5) is 0. The summed E-state index contributed by atoms with van der Waals surface area (Å²) in [7, 11) is 0. The van der Waals surface area contributed by atoms with Crippen molar-refractivity contribution in [1.82, 2.24) is 4.57 Å². The van der Waals surface area contributed by atoms with Gasteiger partial charge in [0.1, 0.15) is 0 Å². The van der Waals surface area contributed by atoms with E-state index in [-0.39, 0.29) is 0 Å². The molecule has 0 spiro atoms. The van der Waals surface area contributed by atoms with Crippen LogP contribution in [-0.2, 0) is 0 Å². The minimum Gasteiger partial charge on any atom is -0.308 e. The van der Waals surface area contributed by atoms with Gasteiger partial charge in [0.2, 0.25) is 0 Å². The maximum absolute atomic E-state index is 3.64. The summed E-state index contributed by atoms with van der Waals surface area (Å²) >= 11 is 14.6. The van der Waals surface area contributed by atoms with Crippen LogP contribution in [-0.4, -0.2) is 4.57 Å². The van der Waals surface area contributed by atoms with Gasteiger partial charge in [0.25, 0.3) is 0 Å². The molecule has 0 aliphatic heterocycles. The second kappa shape index (κ2) is 11.4. The zero-order chi connectivity index (χ0) is 26.9. The molecule has 190 valence electrons. The molecular formula is C34H21Br4N. The molecule has 1 heterocycles. The lowest BCUT2D eigenvalue weighted by molar-refractivity contribution is 1.10. The van der Waals surface area contributed by atoms with Gasteiger partial charge >= 0.3 is 0 Å². The van der Waals surface area contributed by atoms with Gasteiger partial charge in [0.15, 0.2) is 0 Å². The molecule has 0 radical (unpaired) electrons. The third-order valence-electron chi connectivity index (χ3n) is 6.69. The van der Waals surface area contributed by atoms with E-state index in [9.17, 15) is 0 Å². The molecule has 0 unspecified atom stereocenters. The predicted octanol–water partition coefficient (Wildman–Crippen LogP) is 12.2. The molecule has 0 aliphatic carbocycles. The summed E-state index contributed by atoms with van der Waals surface area (Å²) in [5.41, 5.74) is 10.4. The molecular weight excluding hydrogens is 742 g/mol. The molecule has 0 amide bonds. The molecule has 1 nitrogen and oxygen atoms in total. The second-order valence-electron chi connectivity index (χ2n) is 9.15. The van der Waals surface area contributed by atoms with Crippen LogP contribution in [0.1, 0.15) is 0 Å². The first-order chi connectivity index (χ1) is 19.0. The molecule has 5 heteroatoms. The van der Waals surface area contributed by atoms with E-state index in [4.69, 9.17) is 0 Å². The number of nitrogens with zero attached hydrogens (tertiary/aromatic N) is 1. The molecule has 1 aromatic heterocycles. The van der Waals surface area contributed by atoms with E-state index >= 15 is 0 Å². The Hall–Kier alpha value is -2.70. The molecule has 0 saturated heterocycles. The summed E-state index contributed by atoms with van der Waals surface area (Å²) in [5.74, 6) is 0. The average molecular weight is 763 g/mol. The number of benzene rings is 5. The molecule has 0 bridgehead atoms. The van der Waals surface area contributed by atoms with Crippen molar-refractivity contribution in [3.63, 3.8) is 0 Å². The molecule has 0 saturated carbocycles. The fourth-order valence-corrected chi connectivity index (χ4v) is 6.02. The third-order valence-corrected chi connectivity index (χ3v) is 8.80. The Morgan fingerprint density at radius 1 is 0.333 bits per heavy atom. The molecule has 0 atom stereocenters. The highest BCUT2D eigenvalue weighted by atomic mass is 79.9. The Balaban J connectivity index is 1.84.